The Morgan fingerprint density at radius 3 is 1.33 bits per heavy atom. The van der Waals surface area contributed by atoms with Crippen molar-refractivity contribution < 1.29 is 20.4 Å². The van der Waals surface area contributed by atoms with Crippen LogP contribution < -0.4 is 0 Å². The lowest BCUT2D eigenvalue weighted by Crippen LogP contribution is -2.46. The van der Waals surface area contributed by atoms with Crippen LogP contribution in [0.3, 0.4) is 0 Å². The standard InChI is InChI=1S/C18H20Cl2O4/c1-10(21)16(22)18(24)17(23)15(11-2-6-13(19)7-3-11)12-4-8-14(20)9-5-12/h2-10,15-18,21-24H,1H3/t10-,16-,17-,18+/m1/s1. The van der Waals surface area contributed by atoms with Gasteiger partial charge in [0, 0.05) is 16.0 Å². The van der Waals surface area contributed by atoms with E-state index in [0.717, 1.165) is 0 Å². The highest BCUT2D eigenvalue weighted by Gasteiger charge is 2.35. The third-order valence-electron chi connectivity index (χ3n) is 3.99. The maximum atomic E-state index is 10.7. The molecule has 2 aromatic rings. The van der Waals surface area contributed by atoms with E-state index in [1.165, 1.54) is 6.92 Å². The van der Waals surface area contributed by atoms with Crippen molar-refractivity contribution in [3.05, 3.63) is 69.7 Å². The third kappa shape index (κ3) is 4.48. The largest absolute Gasteiger partial charge is 0.391 e. The predicted molar refractivity (Wildman–Crippen MR) is 94.4 cm³/mol. The lowest BCUT2D eigenvalue weighted by molar-refractivity contribution is -0.103. The van der Waals surface area contributed by atoms with E-state index in [2.05, 4.69) is 0 Å². The second kappa shape index (κ2) is 8.30. The molecule has 0 radical (unpaired) electrons. The molecule has 0 heterocycles. The summed E-state index contributed by atoms with van der Waals surface area (Å²) in [6.07, 6.45) is -5.51. The molecule has 130 valence electrons. The van der Waals surface area contributed by atoms with Gasteiger partial charge in [-0.15, -0.1) is 0 Å². The zero-order valence-electron chi connectivity index (χ0n) is 13.1. The zero-order chi connectivity index (χ0) is 17.9. The van der Waals surface area contributed by atoms with Crippen LogP contribution in [0, 0.1) is 0 Å². The number of hydrogen-bond donors (Lipinski definition) is 4. The molecule has 4 atom stereocenters. The molecule has 0 aliphatic heterocycles. The van der Waals surface area contributed by atoms with Gasteiger partial charge >= 0.3 is 0 Å². The molecule has 2 rings (SSSR count). The van der Waals surface area contributed by atoms with Crippen LogP contribution >= 0.6 is 23.2 Å². The second-order valence-electron chi connectivity index (χ2n) is 5.79. The first kappa shape index (κ1) is 19.2. The molecular weight excluding hydrogens is 351 g/mol. The van der Waals surface area contributed by atoms with Gasteiger partial charge in [0.15, 0.2) is 0 Å². The summed E-state index contributed by atoms with van der Waals surface area (Å²) in [4.78, 5) is 0. The van der Waals surface area contributed by atoms with E-state index < -0.39 is 30.3 Å². The first-order valence-corrected chi connectivity index (χ1v) is 8.30. The summed E-state index contributed by atoms with van der Waals surface area (Å²) in [6.45, 7) is 1.35. The van der Waals surface area contributed by atoms with Gasteiger partial charge in [-0.05, 0) is 42.3 Å². The maximum Gasteiger partial charge on any atom is 0.109 e. The quantitative estimate of drug-likeness (QED) is 0.629. The van der Waals surface area contributed by atoms with E-state index in [9.17, 15) is 20.4 Å². The Kier molecular flexibility index (Phi) is 6.63. The van der Waals surface area contributed by atoms with E-state index in [4.69, 9.17) is 23.2 Å². The molecule has 0 spiro atoms. The first-order valence-electron chi connectivity index (χ1n) is 7.54. The highest BCUT2D eigenvalue weighted by Crippen LogP contribution is 2.32. The lowest BCUT2D eigenvalue weighted by atomic mass is 9.82. The summed E-state index contributed by atoms with van der Waals surface area (Å²) >= 11 is 11.8. The summed E-state index contributed by atoms with van der Waals surface area (Å²) < 4.78 is 0. The van der Waals surface area contributed by atoms with E-state index in [0.29, 0.717) is 21.2 Å². The van der Waals surface area contributed by atoms with Gasteiger partial charge < -0.3 is 20.4 Å². The van der Waals surface area contributed by atoms with Crippen molar-refractivity contribution >= 4 is 23.2 Å². The molecule has 24 heavy (non-hydrogen) atoms. The average molecular weight is 371 g/mol. The Morgan fingerprint density at radius 1 is 0.625 bits per heavy atom. The third-order valence-corrected chi connectivity index (χ3v) is 4.50. The number of aliphatic hydroxyl groups is 4. The molecule has 0 aliphatic rings. The van der Waals surface area contributed by atoms with Gasteiger partial charge in [-0.2, -0.15) is 0 Å². The van der Waals surface area contributed by atoms with Crippen molar-refractivity contribution in [3.63, 3.8) is 0 Å². The lowest BCUT2D eigenvalue weighted by Gasteiger charge is -2.31. The molecular formula is C18H20Cl2O4. The minimum absolute atomic E-state index is 0.549. The molecule has 2 aromatic carbocycles. The molecule has 0 aromatic heterocycles. The first-order chi connectivity index (χ1) is 11.3. The fourth-order valence-corrected chi connectivity index (χ4v) is 2.86. The van der Waals surface area contributed by atoms with Gasteiger partial charge in [-0.25, -0.2) is 0 Å². The SMILES string of the molecule is C[C@@H](O)[C@@H](O)[C@H](O)[C@H](O)C(c1ccc(Cl)cc1)c1ccc(Cl)cc1. The monoisotopic (exact) mass is 370 g/mol. The summed E-state index contributed by atoms with van der Waals surface area (Å²) in [5.74, 6) is -0.622. The van der Waals surface area contributed by atoms with E-state index in [1.807, 2.05) is 0 Å². The molecule has 0 fully saturated rings. The summed E-state index contributed by atoms with van der Waals surface area (Å²) in [5, 5.41) is 41.4. The summed E-state index contributed by atoms with van der Waals surface area (Å²) in [6, 6.07) is 13.7. The highest BCUT2D eigenvalue weighted by atomic mass is 35.5. The van der Waals surface area contributed by atoms with Gasteiger partial charge in [0.1, 0.15) is 12.2 Å². The molecule has 0 aliphatic carbocycles. The van der Waals surface area contributed by atoms with Crippen molar-refractivity contribution in [1.29, 1.82) is 0 Å². The normalized spacial score (nSPS) is 16.7. The fraction of sp³-hybridized carbons (Fsp3) is 0.333. The molecule has 0 saturated heterocycles. The van der Waals surface area contributed by atoms with Crippen LogP contribution in [-0.2, 0) is 0 Å². The number of hydrogen-bond acceptors (Lipinski definition) is 4. The van der Waals surface area contributed by atoms with Crippen molar-refractivity contribution in [1.82, 2.24) is 0 Å². The minimum atomic E-state index is -1.53. The number of rotatable bonds is 6. The highest BCUT2D eigenvalue weighted by molar-refractivity contribution is 6.30. The van der Waals surface area contributed by atoms with Crippen LogP contribution in [0.25, 0.3) is 0 Å². The van der Waals surface area contributed by atoms with Crippen molar-refractivity contribution in [2.45, 2.75) is 37.3 Å². The Morgan fingerprint density at radius 2 is 1.00 bits per heavy atom. The molecule has 0 unspecified atom stereocenters. The number of halogens is 2. The van der Waals surface area contributed by atoms with Crippen molar-refractivity contribution in [3.8, 4) is 0 Å². The summed E-state index contributed by atoms with van der Waals surface area (Å²) in [5.41, 5.74) is 1.43. The average Bonchev–Trinajstić information content (AvgIpc) is 2.56. The van der Waals surface area contributed by atoms with Crippen LogP contribution in [0.1, 0.15) is 24.0 Å². The Bertz CT molecular complexity index is 598. The van der Waals surface area contributed by atoms with Crippen molar-refractivity contribution in [2.24, 2.45) is 0 Å². The van der Waals surface area contributed by atoms with E-state index in [-0.39, 0.29) is 0 Å². The van der Waals surface area contributed by atoms with Gasteiger partial charge in [-0.1, -0.05) is 47.5 Å². The smallest absolute Gasteiger partial charge is 0.109 e. The molecule has 0 amide bonds. The van der Waals surface area contributed by atoms with E-state index in [1.54, 1.807) is 48.5 Å². The van der Waals surface area contributed by atoms with Crippen molar-refractivity contribution in [2.75, 3.05) is 0 Å². The van der Waals surface area contributed by atoms with Gasteiger partial charge in [0.25, 0.3) is 0 Å². The Hall–Kier alpha value is -1.14. The van der Waals surface area contributed by atoms with Gasteiger partial charge in [0.05, 0.1) is 12.2 Å². The second-order valence-corrected chi connectivity index (χ2v) is 6.67. The molecule has 4 N–H and O–H groups in total. The van der Waals surface area contributed by atoms with E-state index >= 15 is 0 Å². The molecule has 6 heteroatoms. The molecule has 0 bridgehead atoms. The maximum absolute atomic E-state index is 10.7. The van der Waals surface area contributed by atoms with Gasteiger partial charge in [-0.3, -0.25) is 0 Å². The summed E-state index contributed by atoms with van der Waals surface area (Å²) in [7, 11) is 0. The molecule has 4 nitrogen and oxygen atoms in total. The van der Waals surface area contributed by atoms with Crippen LogP contribution in [-0.4, -0.2) is 44.8 Å². The number of benzene rings is 2. The predicted octanol–water partition coefficient (Wildman–Crippen LogP) is 2.59. The molecule has 0 saturated carbocycles. The van der Waals surface area contributed by atoms with Crippen LogP contribution in [0.5, 0.6) is 0 Å². The zero-order valence-corrected chi connectivity index (χ0v) is 14.6. The minimum Gasteiger partial charge on any atom is -0.391 e. The Balaban J connectivity index is 2.42. The number of aliphatic hydroxyl groups excluding tert-OH is 4. The van der Waals surface area contributed by atoms with Crippen LogP contribution in [0.2, 0.25) is 10.0 Å². The van der Waals surface area contributed by atoms with Crippen LogP contribution in [0.15, 0.2) is 48.5 Å². The Labute approximate surface area is 150 Å². The van der Waals surface area contributed by atoms with Crippen LogP contribution in [0.4, 0.5) is 0 Å². The topological polar surface area (TPSA) is 80.9 Å². The van der Waals surface area contributed by atoms with Gasteiger partial charge in [0.2, 0.25) is 0 Å². The fourth-order valence-electron chi connectivity index (χ4n) is 2.61.